The minimum Gasteiger partial charge on any atom is -0.492 e. The average molecular weight is 480 g/mol. The van der Waals surface area contributed by atoms with E-state index in [0.29, 0.717) is 74.6 Å². The largest absolute Gasteiger partial charge is 0.492 e. The Bertz CT molecular complexity index is 1140. The molecule has 0 bridgehead atoms. The van der Waals surface area contributed by atoms with Crippen LogP contribution < -0.4 is 10.1 Å². The van der Waals surface area contributed by atoms with Crippen LogP contribution in [0, 0.1) is 0 Å². The lowest BCUT2D eigenvalue weighted by molar-refractivity contribution is 0.0303. The van der Waals surface area contributed by atoms with Crippen LogP contribution in [-0.2, 0) is 11.2 Å². The van der Waals surface area contributed by atoms with Crippen LogP contribution in [0.5, 0.6) is 5.75 Å². The van der Waals surface area contributed by atoms with E-state index in [2.05, 4.69) is 15.5 Å². The summed E-state index contributed by atoms with van der Waals surface area (Å²) < 4.78 is 16.2. The minimum atomic E-state index is -0.263. The van der Waals surface area contributed by atoms with E-state index in [1.54, 1.807) is 47.2 Å². The Morgan fingerprint density at radius 2 is 1.86 bits per heavy atom. The quantitative estimate of drug-likeness (QED) is 0.528. The Labute approximate surface area is 203 Å². The van der Waals surface area contributed by atoms with Crippen molar-refractivity contribution < 1.29 is 23.6 Å². The molecule has 0 spiro atoms. The van der Waals surface area contributed by atoms with Crippen LogP contribution in [0.25, 0.3) is 11.5 Å². The van der Waals surface area contributed by atoms with Gasteiger partial charge in [0.15, 0.2) is 5.82 Å². The molecule has 0 aliphatic carbocycles. The number of nitrogens with one attached hydrogen (secondary N) is 1. The summed E-state index contributed by atoms with van der Waals surface area (Å²) in [7, 11) is 1.70. The van der Waals surface area contributed by atoms with Crippen molar-refractivity contribution in [2.75, 3.05) is 51.8 Å². The number of para-hydroxylation sites is 2. The van der Waals surface area contributed by atoms with Crippen LogP contribution in [0.4, 0.5) is 10.5 Å². The summed E-state index contributed by atoms with van der Waals surface area (Å²) >= 11 is 0. The molecule has 0 saturated carbocycles. The van der Waals surface area contributed by atoms with Crippen LogP contribution in [0.15, 0.2) is 53.1 Å². The van der Waals surface area contributed by atoms with Gasteiger partial charge >= 0.3 is 6.03 Å². The number of benzene rings is 2. The summed E-state index contributed by atoms with van der Waals surface area (Å²) in [5.74, 6) is 1.46. The molecule has 1 aliphatic heterocycles. The summed E-state index contributed by atoms with van der Waals surface area (Å²) in [6, 6.07) is 14.1. The van der Waals surface area contributed by atoms with Crippen LogP contribution in [0.1, 0.15) is 23.1 Å². The molecule has 1 fully saturated rings. The molecule has 1 aromatic heterocycles. The molecule has 2 heterocycles. The van der Waals surface area contributed by atoms with Crippen LogP contribution in [0.2, 0.25) is 0 Å². The van der Waals surface area contributed by atoms with Crippen molar-refractivity contribution in [1.82, 2.24) is 19.9 Å². The molecule has 3 aromatic rings. The Hall–Kier alpha value is -3.92. The topological polar surface area (TPSA) is 110 Å². The highest BCUT2D eigenvalue weighted by atomic mass is 16.5. The number of urea groups is 1. The molecule has 1 aliphatic rings. The van der Waals surface area contributed by atoms with E-state index in [4.69, 9.17) is 14.0 Å². The van der Waals surface area contributed by atoms with Gasteiger partial charge in [-0.25, -0.2) is 4.79 Å². The molecule has 0 radical (unpaired) electrons. The fourth-order valence-electron chi connectivity index (χ4n) is 3.61. The van der Waals surface area contributed by atoms with Gasteiger partial charge in [-0.1, -0.05) is 17.3 Å². The lowest BCUT2D eigenvalue weighted by atomic mass is 10.1. The first kappa shape index (κ1) is 24.2. The van der Waals surface area contributed by atoms with E-state index >= 15 is 0 Å². The molecule has 10 nitrogen and oxygen atoms in total. The first-order valence-electron chi connectivity index (χ1n) is 11.6. The van der Waals surface area contributed by atoms with Crippen molar-refractivity contribution >= 4 is 17.6 Å². The Balaban J connectivity index is 1.31. The summed E-state index contributed by atoms with van der Waals surface area (Å²) in [6.07, 6.45) is 0.425. The molecule has 184 valence electrons. The Morgan fingerprint density at radius 3 is 2.60 bits per heavy atom. The second-order valence-corrected chi connectivity index (χ2v) is 8.03. The lowest BCUT2D eigenvalue weighted by Crippen LogP contribution is -2.40. The molecule has 2 aromatic carbocycles. The van der Waals surface area contributed by atoms with E-state index in [1.807, 2.05) is 25.1 Å². The Kier molecular flexibility index (Phi) is 7.94. The van der Waals surface area contributed by atoms with Crippen molar-refractivity contribution in [1.29, 1.82) is 0 Å². The van der Waals surface area contributed by atoms with Gasteiger partial charge in [-0.3, -0.25) is 4.79 Å². The van der Waals surface area contributed by atoms with Crippen LogP contribution >= 0.6 is 0 Å². The number of hydrogen-bond donors (Lipinski definition) is 1. The third-order valence-corrected chi connectivity index (χ3v) is 5.59. The van der Waals surface area contributed by atoms with Gasteiger partial charge in [0.05, 0.1) is 25.5 Å². The molecular formula is C25H29N5O5. The smallest absolute Gasteiger partial charge is 0.321 e. The normalized spacial score (nSPS) is 13.4. The first-order chi connectivity index (χ1) is 17.0. The molecule has 10 heteroatoms. The highest BCUT2D eigenvalue weighted by Gasteiger charge is 2.19. The van der Waals surface area contributed by atoms with Crippen molar-refractivity contribution in [3.63, 3.8) is 0 Å². The van der Waals surface area contributed by atoms with Crippen molar-refractivity contribution in [2.45, 2.75) is 13.3 Å². The third-order valence-electron chi connectivity index (χ3n) is 5.59. The van der Waals surface area contributed by atoms with E-state index in [-0.39, 0.29) is 11.9 Å². The molecule has 1 saturated heterocycles. The van der Waals surface area contributed by atoms with E-state index in [9.17, 15) is 9.59 Å². The maximum absolute atomic E-state index is 12.6. The van der Waals surface area contributed by atoms with E-state index in [1.165, 1.54) is 0 Å². The molecule has 0 atom stereocenters. The van der Waals surface area contributed by atoms with Gasteiger partial charge in [0.1, 0.15) is 5.75 Å². The molecule has 0 unspecified atom stereocenters. The van der Waals surface area contributed by atoms with Gasteiger partial charge in [-0.2, -0.15) is 4.98 Å². The van der Waals surface area contributed by atoms with Gasteiger partial charge < -0.3 is 29.1 Å². The number of likely N-dealkylation sites (N-methyl/N-ethyl adjacent to an activating group) is 1. The highest BCUT2D eigenvalue weighted by Crippen LogP contribution is 2.24. The first-order valence-corrected chi connectivity index (χ1v) is 11.6. The van der Waals surface area contributed by atoms with Crippen molar-refractivity contribution in [3.05, 3.63) is 59.9 Å². The summed E-state index contributed by atoms with van der Waals surface area (Å²) in [5, 5.41) is 6.88. The third kappa shape index (κ3) is 6.15. The maximum Gasteiger partial charge on any atom is 0.321 e. The predicted molar refractivity (Wildman–Crippen MR) is 129 cm³/mol. The number of nitrogens with zero attached hydrogens (tertiary/aromatic N) is 4. The summed E-state index contributed by atoms with van der Waals surface area (Å²) in [6.45, 7) is 5.11. The standard InChI is InChI=1S/C25H29N5O5/c1-3-34-21-7-5-4-6-20(21)26-25(32)29(2)13-12-22-27-23(35-28-22)18-8-10-19(11-9-18)24(31)30-14-16-33-17-15-30/h4-11H,3,12-17H2,1-2H3,(H,26,32). The van der Waals surface area contributed by atoms with Crippen molar-refractivity contribution in [2.24, 2.45) is 0 Å². The molecule has 35 heavy (non-hydrogen) atoms. The number of aromatic nitrogens is 2. The fourth-order valence-corrected chi connectivity index (χ4v) is 3.61. The number of hydrogen-bond acceptors (Lipinski definition) is 7. The van der Waals surface area contributed by atoms with Gasteiger partial charge in [0, 0.05) is 44.2 Å². The van der Waals surface area contributed by atoms with Gasteiger partial charge in [-0.15, -0.1) is 0 Å². The van der Waals surface area contributed by atoms with Crippen LogP contribution in [-0.4, -0.2) is 78.4 Å². The SMILES string of the molecule is CCOc1ccccc1NC(=O)N(C)CCc1noc(-c2ccc(C(=O)N3CCOCC3)cc2)n1. The molecule has 3 amide bonds. The Morgan fingerprint density at radius 1 is 1.11 bits per heavy atom. The zero-order valence-corrected chi connectivity index (χ0v) is 19.9. The summed E-state index contributed by atoms with van der Waals surface area (Å²) in [5.41, 5.74) is 1.94. The number of rotatable bonds is 8. The van der Waals surface area contributed by atoms with Crippen LogP contribution in [0.3, 0.4) is 0 Å². The van der Waals surface area contributed by atoms with E-state index < -0.39 is 0 Å². The number of ether oxygens (including phenoxy) is 2. The highest BCUT2D eigenvalue weighted by molar-refractivity contribution is 5.94. The van der Waals surface area contributed by atoms with Crippen molar-refractivity contribution in [3.8, 4) is 17.2 Å². The molecular weight excluding hydrogens is 450 g/mol. The number of morpholine rings is 1. The zero-order chi connectivity index (χ0) is 24.6. The fraction of sp³-hybridized carbons (Fsp3) is 0.360. The predicted octanol–water partition coefficient (Wildman–Crippen LogP) is 3.31. The number of carbonyl (C=O) groups excluding carboxylic acids is 2. The monoisotopic (exact) mass is 479 g/mol. The average Bonchev–Trinajstić information content (AvgIpc) is 3.38. The maximum atomic E-state index is 12.6. The molecule has 4 rings (SSSR count). The zero-order valence-electron chi connectivity index (χ0n) is 19.9. The van der Waals surface area contributed by atoms with Gasteiger partial charge in [-0.05, 0) is 43.3 Å². The number of anilines is 1. The van der Waals surface area contributed by atoms with E-state index in [0.717, 1.165) is 5.56 Å². The van der Waals surface area contributed by atoms with Gasteiger partial charge in [0.2, 0.25) is 0 Å². The molecule has 1 N–H and O–H groups in total. The second kappa shape index (κ2) is 11.5. The number of carbonyl (C=O) groups is 2. The lowest BCUT2D eigenvalue weighted by Gasteiger charge is -2.26. The second-order valence-electron chi connectivity index (χ2n) is 8.03. The minimum absolute atomic E-state index is 0.0174. The van der Waals surface area contributed by atoms with Gasteiger partial charge in [0.25, 0.3) is 11.8 Å². The number of amides is 3. The summed E-state index contributed by atoms with van der Waals surface area (Å²) in [4.78, 5) is 32.9.